The predicted octanol–water partition coefficient (Wildman–Crippen LogP) is 1.35. The fourth-order valence-corrected chi connectivity index (χ4v) is 3.07. The SMILES string of the molecule is O=C(C(=O)N1Cc2ccccc2C1=O)N1Cc2ccccc2C1=O. The van der Waals surface area contributed by atoms with Crippen LogP contribution >= 0.6 is 0 Å². The standard InChI is InChI=1S/C18H12N2O4/c21-15-13-7-3-1-5-11(13)9-19(15)17(23)18(24)20-10-12-6-2-4-8-14(12)16(20)22/h1-8H,9-10H2. The van der Waals surface area contributed by atoms with Gasteiger partial charge >= 0.3 is 11.8 Å². The van der Waals surface area contributed by atoms with Crippen molar-refractivity contribution in [3.8, 4) is 0 Å². The van der Waals surface area contributed by atoms with Gasteiger partial charge in [0.1, 0.15) is 0 Å². The molecule has 6 nitrogen and oxygen atoms in total. The van der Waals surface area contributed by atoms with Gasteiger partial charge in [0.15, 0.2) is 0 Å². The zero-order valence-electron chi connectivity index (χ0n) is 12.6. The smallest absolute Gasteiger partial charge is 0.269 e. The molecular weight excluding hydrogens is 308 g/mol. The number of imide groups is 2. The van der Waals surface area contributed by atoms with Crippen LogP contribution in [0.4, 0.5) is 0 Å². The van der Waals surface area contributed by atoms with Gasteiger partial charge in [-0.25, -0.2) is 0 Å². The summed E-state index contributed by atoms with van der Waals surface area (Å²) in [6, 6.07) is 13.6. The van der Waals surface area contributed by atoms with Crippen molar-refractivity contribution in [2.75, 3.05) is 0 Å². The van der Waals surface area contributed by atoms with Gasteiger partial charge in [-0.15, -0.1) is 0 Å². The summed E-state index contributed by atoms with van der Waals surface area (Å²) in [5.74, 6) is -2.96. The molecule has 2 aromatic rings. The van der Waals surface area contributed by atoms with E-state index in [4.69, 9.17) is 0 Å². The summed E-state index contributed by atoms with van der Waals surface area (Å²) in [4.78, 5) is 51.3. The zero-order valence-corrected chi connectivity index (χ0v) is 12.6. The summed E-state index contributed by atoms with van der Waals surface area (Å²) in [5.41, 5.74) is 2.21. The lowest BCUT2D eigenvalue weighted by atomic mass is 10.1. The number of carbonyl (C=O) groups excluding carboxylic acids is 4. The van der Waals surface area contributed by atoms with E-state index in [0.717, 1.165) is 9.80 Å². The van der Waals surface area contributed by atoms with E-state index in [9.17, 15) is 19.2 Å². The second-order valence-electron chi connectivity index (χ2n) is 5.71. The lowest BCUT2D eigenvalue weighted by Crippen LogP contribution is -2.45. The molecule has 24 heavy (non-hydrogen) atoms. The fourth-order valence-electron chi connectivity index (χ4n) is 3.07. The third-order valence-electron chi connectivity index (χ3n) is 4.32. The van der Waals surface area contributed by atoms with Gasteiger partial charge in [-0.1, -0.05) is 36.4 Å². The molecule has 6 heteroatoms. The van der Waals surface area contributed by atoms with Crippen LogP contribution in [0.1, 0.15) is 31.8 Å². The zero-order chi connectivity index (χ0) is 16.8. The maximum atomic E-state index is 12.5. The van der Waals surface area contributed by atoms with E-state index in [-0.39, 0.29) is 13.1 Å². The maximum Gasteiger partial charge on any atom is 0.319 e. The summed E-state index contributed by atoms with van der Waals surface area (Å²) in [5, 5.41) is 0. The summed E-state index contributed by atoms with van der Waals surface area (Å²) >= 11 is 0. The average Bonchev–Trinajstić information content (AvgIpc) is 3.12. The molecule has 118 valence electrons. The summed E-state index contributed by atoms with van der Waals surface area (Å²) in [6.45, 7) is 0.100. The van der Waals surface area contributed by atoms with E-state index in [2.05, 4.69) is 0 Å². The number of carbonyl (C=O) groups is 4. The molecule has 2 aliphatic heterocycles. The molecule has 0 bridgehead atoms. The quantitative estimate of drug-likeness (QED) is 0.687. The Hall–Kier alpha value is -3.28. The second kappa shape index (κ2) is 5.13. The van der Waals surface area contributed by atoms with Crippen molar-refractivity contribution < 1.29 is 19.2 Å². The van der Waals surface area contributed by atoms with Gasteiger partial charge in [-0.3, -0.25) is 29.0 Å². The first-order valence-corrected chi connectivity index (χ1v) is 7.46. The largest absolute Gasteiger partial charge is 0.319 e. The molecule has 2 aromatic carbocycles. The molecule has 0 saturated heterocycles. The van der Waals surface area contributed by atoms with E-state index in [1.165, 1.54) is 0 Å². The third kappa shape index (κ3) is 1.96. The number of nitrogens with zero attached hydrogens (tertiary/aromatic N) is 2. The van der Waals surface area contributed by atoms with Crippen molar-refractivity contribution in [1.82, 2.24) is 9.80 Å². The molecule has 0 aromatic heterocycles. The van der Waals surface area contributed by atoms with Crippen molar-refractivity contribution in [3.05, 3.63) is 70.8 Å². The lowest BCUT2D eigenvalue weighted by Gasteiger charge is -2.17. The van der Waals surface area contributed by atoms with Gasteiger partial charge in [0.05, 0.1) is 13.1 Å². The van der Waals surface area contributed by atoms with Crippen LogP contribution < -0.4 is 0 Å². The van der Waals surface area contributed by atoms with E-state index < -0.39 is 23.6 Å². The van der Waals surface area contributed by atoms with E-state index in [0.29, 0.717) is 22.3 Å². The van der Waals surface area contributed by atoms with Crippen LogP contribution in [0.25, 0.3) is 0 Å². The summed E-state index contributed by atoms with van der Waals surface area (Å²) in [7, 11) is 0. The van der Waals surface area contributed by atoms with Gasteiger partial charge in [-0.05, 0) is 23.3 Å². The third-order valence-corrected chi connectivity index (χ3v) is 4.32. The van der Waals surface area contributed by atoms with E-state index in [1.807, 2.05) is 0 Å². The van der Waals surface area contributed by atoms with Crippen LogP contribution in [0.2, 0.25) is 0 Å². The predicted molar refractivity (Wildman–Crippen MR) is 82.6 cm³/mol. The molecule has 0 aliphatic carbocycles. The Morgan fingerprint density at radius 3 is 1.42 bits per heavy atom. The summed E-state index contributed by atoms with van der Waals surface area (Å²) in [6.07, 6.45) is 0. The van der Waals surface area contributed by atoms with Crippen LogP contribution in [0, 0.1) is 0 Å². The molecular formula is C18H12N2O4. The number of hydrogen-bond acceptors (Lipinski definition) is 4. The van der Waals surface area contributed by atoms with Gasteiger partial charge in [0.25, 0.3) is 11.8 Å². The van der Waals surface area contributed by atoms with Crippen molar-refractivity contribution >= 4 is 23.6 Å². The summed E-state index contributed by atoms with van der Waals surface area (Å²) < 4.78 is 0. The highest BCUT2D eigenvalue weighted by Crippen LogP contribution is 2.25. The van der Waals surface area contributed by atoms with E-state index >= 15 is 0 Å². The molecule has 0 N–H and O–H groups in total. The van der Waals surface area contributed by atoms with Gasteiger partial charge in [0.2, 0.25) is 0 Å². The molecule has 4 amide bonds. The molecule has 0 radical (unpaired) electrons. The van der Waals surface area contributed by atoms with Crippen LogP contribution in [0.5, 0.6) is 0 Å². The van der Waals surface area contributed by atoms with Crippen LogP contribution in [-0.4, -0.2) is 33.4 Å². The van der Waals surface area contributed by atoms with Gasteiger partial charge < -0.3 is 0 Å². The van der Waals surface area contributed by atoms with Crippen molar-refractivity contribution in [1.29, 1.82) is 0 Å². The van der Waals surface area contributed by atoms with Gasteiger partial charge in [0, 0.05) is 11.1 Å². The van der Waals surface area contributed by atoms with Crippen molar-refractivity contribution in [2.24, 2.45) is 0 Å². The number of fused-ring (bicyclic) bond motifs is 2. The normalized spacial score (nSPS) is 15.5. The lowest BCUT2D eigenvalue weighted by molar-refractivity contribution is -0.148. The maximum absolute atomic E-state index is 12.5. The Morgan fingerprint density at radius 1 is 0.667 bits per heavy atom. The molecule has 0 saturated carbocycles. The highest BCUT2D eigenvalue weighted by atomic mass is 16.2. The van der Waals surface area contributed by atoms with Crippen molar-refractivity contribution in [3.63, 3.8) is 0 Å². The van der Waals surface area contributed by atoms with Gasteiger partial charge in [-0.2, -0.15) is 0 Å². The molecule has 0 unspecified atom stereocenters. The minimum Gasteiger partial charge on any atom is -0.269 e. The fraction of sp³-hybridized carbons (Fsp3) is 0.111. The number of amides is 4. The number of rotatable bonds is 0. The number of hydrogen-bond donors (Lipinski definition) is 0. The molecule has 0 spiro atoms. The average molecular weight is 320 g/mol. The highest BCUT2D eigenvalue weighted by molar-refractivity contribution is 6.41. The number of benzene rings is 2. The minimum atomic E-state index is -0.975. The molecule has 4 rings (SSSR count). The van der Waals surface area contributed by atoms with Crippen LogP contribution in [0.15, 0.2) is 48.5 Å². The monoisotopic (exact) mass is 320 g/mol. The molecule has 0 atom stereocenters. The first-order chi connectivity index (χ1) is 11.6. The Balaban J connectivity index is 1.58. The van der Waals surface area contributed by atoms with Crippen molar-refractivity contribution in [2.45, 2.75) is 13.1 Å². The van der Waals surface area contributed by atoms with E-state index in [1.54, 1.807) is 48.5 Å². The van der Waals surface area contributed by atoms with Crippen LogP contribution in [-0.2, 0) is 22.7 Å². The molecule has 2 heterocycles. The topological polar surface area (TPSA) is 74.8 Å². The minimum absolute atomic E-state index is 0.0502. The first kappa shape index (κ1) is 14.3. The van der Waals surface area contributed by atoms with Crippen LogP contribution in [0.3, 0.4) is 0 Å². The Morgan fingerprint density at radius 2 is 1.04 bits per heavy atom. The first-order valence-electron chi connectivity index (χ1n) is 7.46. The molecule has 0 fully saturated rings. The Bertz CT molecular complexity index is 843. The molecule has 2 aliphatic rings. The Kier molecular flexibility index (Phi) is 3.06. The Labute approximate surface area is 137 Å². The second-order valence-corrected chi connectivity index (χ2v) is 5.71. The highest BCUT2D eigenvalue weighted by Gasteiger charge is 2.41.